The van der Waals surface area contributed by atoms with E-state index in [0.29, 0.717) is 18.4 Å². The maximum Gasteiger partial charge on any atom is 0.416 e. The number of hydrogen-bond acceptors (Lipinski definition) is 7. The van der Waals surface area contributed by atoms with E-state index >= 15 is 0 Å². The Balaban J connectivity index is 1.47. The maximum atomic E-state index is 13.4. The first-order chi connectivity index (χ1) is 19.3. The molecule has 0 radical (unpaired) electrons. The Morgan fingerprint density at radius 2 is 1.88 bits per heavy atom. The standard InChI is InChI=1S/C28H36F3N5O3S2/c1-17(2)36(3)20-6-12-24(18(13-20)16-41(38,39)22-9-7-21(40-4)8-10-22)33-26(37)15-32-27-23-14-19(28(29,30)31)5-11-25(23)34-35-27/h5,7-11,14,17-18,20,24H,6,12-13,15-16H2,1-4H3,(H,33,37)(H2,32,34,35)/t18-,20+,24+/m1/s1. The molecule has 1 saturated carbocycles. The molecule has 0 unspecified atom stereocenters. The first-order valence-electron chi connectivity index (χ1n) is 13.5. The number of thioether (sulfide) groups is 1. The van der Waals surface area contributed by atoms with E-state index in [4.69, 9.17) is 0 Å². The van der Waals surface area contributed by atoms with Crippen molar-refractivity contribution in [1.29, 1.82) is 0 Å². The predicted molar refractivity (Wildman–Crippen MR) is 156 cm³/mol. The van der Waals surface area contributed by atoms with E-state index in [0.717, 1.165) is 23.4 Å². The van der Waals surface area contributed by atoms with Crippen LogP contribution in [0.1, 0.15) is 38.7 Å². The summed E-state index contributed by atoms with van der Waals surface area (Å²) < 4.78 is 66.4. The molecule has 1 heterocycles. The lowest BCUT2D eigenvalue weighted by molar-refractivity contribution is -0.137. The zero-order valence-corrected chi connectivity index (χ0v) is 25.1. The van der Waals surface area contributed by atoms with Crippen LogP contribution in [0.25, 0.3) is 10.9 Å². The molecule has 8 nitrogen and oxygen atoms in total. The van der Waals surface area contributed by atoms with Gasteiger partial charge in [0.1, 0.15) is 0 Å². The van der Waals surface area contributed by atoms with Gasteiger partial charge >= 0.3 is 6.18 Å². The van der Waals surface area contributed by atoms with Gasteiger partial charge in [0.2, 0.25) is 5.91 Å². The van der Waals surface area contributed by atoms with Gasteiger partial charge < -0.3 is 15.5 Å². The molecular formula is C28H36F3N5O3S2. The minimum Gasteiger partial charge on any atom is -0.359 e. The van der Waals surface area contributed by atoms with Crippen molar-refractivity contribution in [3.05, 3.63) is 48.0 Å². The van der Waals surface area contributed by atoms with Crippen LogP contribution in [0.3, 0.4) is 0 Å². The maximum absolute atomic E-state index is 13.4. The lowest BCUT2D eigenvalue weighted by atomic mass is 9.81. The number of halogens is 3. The highest BCUT2D eigenvalue weighted by Crippen LogP contribution is 2.34. The van der Waals surface area contributed by atoms with Gasteiger partial charge in [-0.2, -0.15) is 18.3 Å². The van der Waals surface area contributed by atoms with Crippen LogP contribution in [0.4, 0.5) is 19.0 Å². The second-order valence-electron chi connectivity index (χ2n) is 10.8. The summed E-state index contributed by atoms with van der Waals surface area (Å²) in [4.78, 5) is 16.5. The first-order valence-corrected chi connectivity index (χ1v) is 16.3. The Morgan fingerprint density at radius 3 is 2.51 bits per heavy atom. The first kappa shape index (κ1) is 31.2. The van der Waals surface area contributed by atoms with Crippen LogP contribution in [0.5, 0.6) is 0 Å². The average Bonchev–Trinajstić information content (AvgIpc) is 3.34. The molecule has 224 valence electrons. The zero-order chi connectivity index (χ0) is 29.9. The van der Waals surface area contributed by atoms with Crippen molar-refractivity contribution in [2.45, 2.75) is 67.2 Å². The third kappa shape index (κ3) is 7.55. The SMILES string of the molecule is CSc1ccc(S(=O)(=O)C[C@H]2C[C@@H](N(C)C(C)C)CC[C@@H]2NC(=O)CNc2n[nH]c3ccc(C(F)(F)F)cc23)cc1. The van der Waals surface area contributed by atoms with E-state index in [-0.39, 0.29) is 58.3 Å². The molecule has 1 fully saturated rings. The molecule has 1 aromatic heterocycles. The van der Waals surface area contributed by atoms with Gasteiger partial charge in [0.25, 0.3) is 0 Å². The summed E-state index contributed by atoms with van der Waals surface area (Å²) in [5, 5.41) is 12.7. The molecule has 0 spiro atoms. The molecule has 0 bridgehead atoms. The number of sulfone groups is 1. The number of hydrogen-bond donors (Lipinski definition) is 3. The number of carbonyl (C=O) groups excluding carboxylic acids is 1. The quantitative estimate of drug-likeness (QED) is 0.271. The highest BCUT2D eigenvalue weighted by atomic mass is 32.2. The van der Waals surface area contributed by atoms with E-state index < -0.39 is 21.6 Å². The summed E-state index contributed by atoms with van der Waals surface area (Å²) in [5.41, 5.74) is -0.404. The number of carbonyl (C=O) groups is 1. The summed E-state index contributed by atoms with van der Waals surface area (Å²) in [6.45, 7) is 3.96. The number of fused-ring (bicyclic) bond motifs is 1. The molecule has 1 aliphatic carbocycles. The van der Waals surface area contributed by atoms with E-state index in [1.807, 2.05) is 13.3 Å². The summed E-state index contributed by atoms with van der Waals surface area (Å²) >= 11 is 1.53. The van der Waals surface area contributed by atoms with E-state index in [1.165, 1.54) is 17.8 Å². The molecule has 1 aliphatic rings. The Hall–Kier alpha value is -2.77. The van der Waals surface area contributed by atoms with Crippen molar-refractivity contribution in [2.24, 2.45) is 5.92 Å². The number of anilines is 1. The van der Waals surface area contributed by atoms with Gasteiger partial charge in [-0.05, 0) is 94.8 Å². The minimum atomic E-state index is -4.51. The van der Waals surface area contributed by atoms with Gasteiger partial charge in [-0.1, -0.05) is 0 Å². The number of alkyl halides is 3. The van der Waals surface area contributed by atoms with Gasteiger partial charge in [0, 0.05) is 28.4 Å². The van der Waals surface area contributed by atoms with Crippen LogP contribution in [0, 0.1) is 5.92 Å². The van der Waals surface area contributed by atoms with Crippen molar-refractivity contribution in [3.8, 4) is 0 Å². The third-order valence-electron chi connectivity index (χ3n) is 7.85. The second kappa shape index (κ2) is 12.6. The number of aromatic nitrogens is 2. The van der Waals surface area contributed by atoms with Crippen LogP contribution in [-0.2, 0) is 20.8 Å². The van der Waals surface area contributed by atoms with Crippen LogP contribution in [0.2, 0.25) is 0 Å². The summed E-state index contributed by atoms with van der Waals surface area (Å²) in [5.74, 6) is -0.669. The monoisotopic (exact) mass is 611 g/mol. The number of nitrogens with one attached hydrogen (secondary N) is 3. The largest absolute Gasteiger partial charge is 0.416 e. The number of H-pyrrole nitrogens is 1. The summed E-state index contributed by atoms with van der Waals surface area (Å²) in [6.07, 6.45) is -0.558. The number of rotatable bonds is 10. The smallest absolute Gasteiger partial charge is 0.359 e. The molecule has 3 atom stereocenters. The molecule has 13 heteroatoms. The van der Waals surface area contributed by atoms with Crippen LogP contribution >= 0.6 is 11.8 Å². The van der Waals surface area contributed by atoms with Gasteiger partial charge in [-0.15, -0.1) is 11.8 Å². The lowest BCUT2D eigenvalue weighted by Gasteiger charge is -2.41. The molecule has 0 aliphatic heterocycles. The second-order valence-corrected chi connectivity index (χ2v) is 13.7. The van der Waals surface area contributed by atoms with Gasteiger partial charge in [0.05, 0.1) is 28.3 Å². The molecule has 0 saturated heterocycles. The highest BCUT2D eigenvalue weighted by Gasteiger charge is 2.37. The topological polar surface area (TPSA) is 107 Å². The predicted octanol–water partition coefficient (Wildman–Crippen LogP) is 5.18. The highest BCUT2D eigenvalue weighted by molar-refractivity contribution is 7.98. The lowest BCUT2D eigenvalue weighted by Crippen LogP contribution is -2.51. The third-order valence-corrected chi connectivity index (χ3v) is 10.5. The summed E-state index contributed by atoms with van der Waals surface area (Å²) in [6, 6.07) is 10.2. The fourth-order valence-corrected chi connectivity index (χ4v) is 7.40. The van der Waals surface area contributed by atoms with E-state index in [9.17, 15) is 26.4 Å². The van der Waals surface area contributed by atoms with Crippen LogP contribution < -0.4 is 10.6 Å². The molecule has 1 amide bonds. The minimum absolute atomic E-state index is 0.101. The normalized spacial score (nSPS) is 20.1. The fraction of sp³-hybridized carbons (Fsp3) is 0.500. The summed E-state index contributed by atoms with van der Waals surface area (Å²) in [7, 11) is -1.58. The van der Waals surface area contributed by atoms with Gasteiger partial charge in [-0.3, -0.25) is 9.89 Å². The van der Waals surface area contributed by atoms with Gasteiger partial charge in [-0.25, -0.2) is 8.42 Å². The van der Waals surface area contributed by atoms with Gasteiger partial charge in [0.15, 0.2) is 15.7 Å². The van der Waals surface area contributed by atoms with Crippen molar-refractivity contribution < 1.29 is 26.4 Å². The van der Waals surface area contributed by atoms with Crippen molar-refractivity contribution in [1.82, 2.24) is 20.4 Å². The molecular weight excluding hydrogens is 575 g/mol. The Morgan fingerprint density at radius 1 is 1.17 bits per heavy atom. The average molecular weight is 612 g/mol. The number of nitrogens with zero attached hydrogens (tertiary/aromatic N) is 2. The Kier molecular flexibility index (Phi) is 9.59. The van der Waals surface area contributed by atoms with Crippen molar-refractivity contribution in [3.63, 3.8) is 0 Å². The Bertz CT molecular complexity index is 1460. The zero-order valence-electron chi connectivity index (χ0n) is 23.5. The van der Waals surface area contributed by atoms with Crippen molar-refractivity contribution >= 4 is 44.2 Å². The van der Waals surface area contributed by atoms with Crippen LogP contribution in [0.15, 0.2) is 52.3 Å². The Labute approximate surface area is 242 Å². The van der Waals surface area contributed by atoms with Crippen LogP contribution in [-0.4, -0.2) is 73.1 Å². The van der Waals surface area contributed by atoms with Crippen molar-refractivity contribution in [2.75, 3.05) is 30.9 Å². The fourth-order valence-electron chi connectivity index (χ4n) is 5.31. The molecule has 41 heavy (non-hydrogen) atoms. The van der Waals surface area contributed by atoms with E-state index in [1.54, 1.807) is 24.3 Å². The molecule has 3 N–H and O–H groups in total. The molecule has 2 aromatic carbocycles. The number of aromatic amines is 1. The molecule has 4 rings (SSSR count). The molecule has 3 aromatic rings. The number of benzene rings is 2. The number of amides is 1. The van der Waals surface area contributed by atoms with E-state index in [2.05, 4.69) is 39.6 Å².